The van der Waals surface area contributed by atoms with E-state index in [4.69, 9.17) is 0 Å². The van der Waals surface area contributed by atoms with Crippen LogP contribution in [0.2, 0.25) is 0 Å². The molecule has 8 heteroatoms. The van der Waals surface area contributed by atoms with Crippen molar-refractivity contribution in [3.8, 4) is 11.5 Å². The van der Waals surface area contributed by atoms with Crippen molar-refractivity contribution in [3.63, 3.8) is 0 Å². The molecule has 0 fully saturated rings. The highest BCUT2D eigenvalue weighted by molar-refractivity contribution is 5.75. The number of nitrogens with one attached hydrogen (secondary N) is 2. The summed E-state index contributed by atoms with van der Waals surface area (Å²) in [6.45, 7) is 0. The normalized spacial score (nSPS) is 11.4. The summed E-state index contributed by atoms with van der Waals surface area (Å²) in [7, 11) is 0. The fraction of sp³-hybridized carbons (Fsp3) is 0. The van der Waals surface area contributed by atoms with E-state index in [1.165, 1.54) is 4.52 Å². The summed E-state index contributed by atoms with van der Waals surface area (Å²) in [5, 5.41) is 2.59. The van der Waals surface area contributed by atoms with E-state index in [-0.39, 0.29) is 5.69 Å². The van der Waals surface area contributed by atoms with Crippen molar-refractivity contribution < 1.29 is 0 Å². The van der Waals surface area contributed by atoms with Crippen LogP contribution in [0.1, 0.15) is 0 Å². The lowest BCUT2D eigenvalue weighted by atomic mass is 10.3. The van der Waals surface area contributed by atoms with Crippen molar-refractivity contribution in [2.24, 2.45) is 0 Å². The largest absolute Gasteiger partial charge is 0.340 e. The van der Waals surface area contributed by atoms with Gasteiger partial charge in [-0.15, -0.1) is 0 Å². The maximum atomic E-state index is 11.2. The quantitative estimate of drug-likeness (QED) is 0.509. The maximum absolute atomic E-state index is 11.2. The van der Waals surface area contributed by atoms with E-state index in [1.807, 2.05) is 18.2 Å². The first-order valence-corrected chi connectivity index (χ1v) is 5.56. The number of hydrogen-bond acceptors (Lipinski definition) is 5. The summed E-state index contributed by atoms with van der Waals surface area (Å²) >= 11 is 0. The van der Waals surface area contributed by atoms with Crippen LogP contribution in [0.15, 0.2) is 35.4 Å². The Bertz CT molecular complexity index is 934. The molecule has 0 saturated carbocycles. The first kappa shape index (κ1) is 9.95. The third-order valence-electron chi connectivity index (χ3n) is 2.75. The number of nitrogens with zero attached hydrogens (tertiary/aromatic N) is 5. The summed E-state index contributed by atoms with van der Waals surface area (Å²) < 4.78 is 1.51. The number of imidazole rings is 1. The minimum atomic E-state index is -0.321. The maximum Gasteiger partial charge on any atom is 0.340 e. The molecule has 0 unspecified atom stereocenters. The first-order valence-electron chi connectivity index (χ1n) is 5.56. The monoisotopic (exact) mass is 253 g/mol. The van der Waals surface area contributed by atoms with Gasteiger partial charge in [0.05, 0.1) is 6.20 Å². The highest BCUT2D eigenvalue weighted by Crippen LogP contribution is 2.15. The molecule has 0 aromatic carbocycles. The van der Waals surface area contributed by atoms with E-state index in [0.717, 1.165) is 0 Å². The van der Waals surface area contributed by atoms with E-state index in [9.17, 15) is 4.79 Å². The van der Waals surface area contributed by atoms with E-state index < -0.39 is 0 Å². The van der Waals surface area contributed by atoms with Crippen LogP contribution in [0.25, 0.3) is 28.5 Å². The van der Waals surface area contributed by atoms with Crippen LogP contribution < -0.4 is 5.69 Å². The van der Waals surface area contributed by atoms with Crippen LogP contribution in [0.3, 0.4) is 0 Å². The average Bonchev–Trinajstić information content (AvgIpc) is 2.95. The number of aromatic amines is 2. The SMILES string of the molecule is O=c1[nH]c2nc3nc(-c4ccccn4)ncc3n2[nH]1. The average molecular weight is 253 g/mol. The summed E-state index contributed by atoms with van der Waals surface area (Å²) in [6.07, 6.45) is 3.29. The Morgan fingerprint density at radius 2 is 2.11 bits per heavy atom. The van der Waals surface area contributed by atoms with Crippen LogP contribution in [0, 0.1) is 0 Å². The summed E-state index contributed by atoms with van der Waals surface area (Å²) in [5.74, 6) is 0.906. The molecule has 0 saturated heterocycles. The van der Waals surface area contributed by atoms with Gasteiger partial charge < -0.3 is 0 Å². The Morgan fingerprint density at radius 3 is 2.95 bits per heavy atom. The van der Waals surface area contributed by atoms with Gasteiger partial charge in [0.2, 0.25) is 5.78 Å². The Balaban J connectivity index is 1.99. The summed E-state index contributed by atoms with van der Waals surface area (Å²) in [4.78, 5) is 30.7. The summed E-state index contributed by atoms with van der Waals surface area (Å²) in [6, 6.07) is 5.52. The number of hydrogen-bond donors (Lipinski definition) is 2. The Hall–Kier alpha value is -3.03. The van der Waals surface area contributed by atoms with Crippen LogP contribution in [-0.2, 0) is 0 Å². The lowest BCUT2D eigenvalue weighted by Gasteiger charge is -1.97. The molecule has 19 heavy (non-hydrogen) atoms. The number of rotatable bonds is 1. The second-order valence-corrected chi connectivity index (χ2v) is 3.95. The second-order valence-electron chi connectivity index (χ2n) is 3.95. The van der Waals surface area contributed by atoms with E-state index >= 15 is 0 Å². The number of pyridine rings is 1. The van der Waals surface area contributed by atoms with Gasteiger partial charge in [-0.25, -0.2) is 24.4 Å². The molecule has 4 rings (SSSR count). The molecular formula is C11H7N7O. The molecule has 0 aliphatic rings. The molecule has 0 radical (unpaired) electrons. The zero-order valence-corrected chi connectivity index (χ0v) is 9.53. The van der Waals surface area contributed by atoms with Crippen LogP contribution in [0.5, 0.6) is 0 Å². The minimum absolute atomic E-state index is 0.321. The smallest absolute Gasteiger partial charge is 0.275 e. The molecule has 92 valence electrons. The molecule has 4 aromatic rings. The van der Waals surface area contributed by atoms with Crippen molar-refractivity contribution in [3.05, 3.63) is 41.1 Å². The Labute approximate surface area is 105 Å². The third kappa shape index (κ3) is 1.43. The van der Waals surface area contributed by atoms with Crippen LogP contribution in [-0.4, -0.2) is 34.5 Å². The highest BCUT2D eigenvalue weighted by atomic mass is 16.1. The van der Waals surface area contributed by atoms with Crippen molar-refractivity contribution in [2.75, 3.05) is 0 Å². The molecule has 0 bridgehead atoms. The molecule has 8 nitrogen and oxygen atoms in total. The molecule has 0 amide bonds. The second kappa shape index (κ2) is 3.48. The van der Waals surface area contributed by atoms with Gasteiger partial charge in [0.1, 0.15) is 11.2 Å². The predicted octanol–water partition coefficient (Wildman–Crippen LogP) is 0.356. The minimum Gasteiger partial charge on any atom is -0.275 e. The lowest BCUT2D eigenvalue weighted by molar-refractivity contribution is 0.970. The number of fused-ring (bicyclic) bond motifs is 3. The zero-order valence-electron chi connectivity index (χ0n) is 9.53. The standard InChI is InChI=1S/C11H7N7O/c19-11-16-10-15-9-7(18(10)17-11)5-13-8(14-9)6-3-1-2-4-12-6/h1-5H,(H2,13,14,15,16,17,19). The molecule has 0 atom stereocenters. The van der Waals surface area contributed by atoms with Gasteiger partial charge in [0.15, 0.2) is 11.5 Å². The van der Waals surface area contributed by atoms with Gasteiger partial charge in [-0.05, 0) is 12.1 Å². The fourth-order valence-electron chi connectivity index (χ4n) is 1.92. The Kier molecular flexibility index (Phi) is 1.82. The molecule has 0 aliphatic heterocycles. The molecule has 0 aliphatic carbocycles. The van der Waals surface area contributed by atoms with Gasteiger partial charge >= 0.3 is 5.69 Å². The van der Waals surface area contributed by atoms with Crippen molar-refractivity contribution in [1.82, 2.24) is 34.5 Å². The molecule has 4 heterocycles. The van der Waals surface area contributed by atoms with E-state index in [2.05, 4.69) is 30.0 Å². The van der Waals surface area contributed by atoms with Crippen molar-refractivity contribution >= 4 is 16.9 Å². The molecular weight excluding hydrogens is 246 g/mol. The van der Waals surface area contributed by atoms with Gasteiger partial charge in [-0.3, -0.25) is 9.97 Å². The van der Waals surface area contributed by atoms with Gasteiger partial charge in [0, 0.05) is 6.20 Å². The van der Waals surface area contributed by atoms with Crippen LogP contribution in [0.4, 0.5) is 0 Å². The summed E-state index contributed by atoms with van der Waals surface area (Å²) in [5.41, 5.74) is 1.49. The lowest BCUT2D eigenvalue weighted by Crippen LogP contribution is -2.03. The fourth-order valence-corrected chi connectivity index (χ4v) is 1.92. The molecule has 4 aromatic heterocycles. The van der Waals surface area contributed by atoms with E-state index in [0.29, 0.717) is 28.5 Å². The van der Waals surface area contributed by atoms with E-state index in [1.54, 1.807) is 12.4 Å². The topological polar surface area (TPSA) is 105 Å². The molecule has 2 N–H and O–H groups in total. The number of H-pyrrole nitrogens is 2. The van der Waals surface area contributed by atoms with Gasteiger partial charge in [-0.1, -0.05) is 6.07 Å². The van der Waals surface area contributed by atoms with Gasteiger partial charge in [0.25, 0.3) is 0 Å². The zero-order chi connectivity index (χ0) is 12.8. The Morgan fingerprint density at radius 1 is 1.16 bits per heavy atom. The number of aromatic nitrogens is 7. The van der Waals surface area contributed by atoms with Gasteiger partial charge in [-0.2, -0.15) is 4.98 Å². The third-order valence-corrected chi connectivity index (χ3v) is 2.75. The predicted molar refractivity (Wildman–Crippen MR) is 66.5 cm³/mol. The first-order chi connectivity index (χ1) is 9.31. The van der Waals surface area contributed by atoms with Crippen molar-refractivity contribution in [2.45, 2.75) is 0 Å². The van der Waals surface area contributed by atoms with Crippen LogP contribution >= 0.6 is 0 Å². The van der Waals surface area contributed by atoms with Crippen molar-refractivity contribution in [1.29, 1.82) is 0 Å². The molecule has 0 spiro atoms. The highest BCUT2D eigenvalue weighted by Gasteiger charge is 2.11.